The minimum atomic E-state index is 0.469. The second-order valence-corrected chi connectivity index (χ2v) is 4.14. The molecule has 0 aliphatic heterocycles. The molecule has 76 valence electrons. The van der Waals surface area contributed by atoms with Gasteiger partial charge in [-0.3, -0.25) is 0 Å². The summed E-state index contributed by atoms with van der Waals surface area (Å²) < 4.78 is 0. The van der Waals surface area contributed by atoms with Crippen molar-refractivity contribution >= 4 is 5.69 Å². The van der Waals surface area contributed by atoms with Crippen molar-refractivity contribution in [2.45, 2.75) is 25.8 Å². The van der Waals surface area contributed by atoms with Crippen LogP contribution in [0, 0.1) is 12.8 Å². The van der Waals surface area contributed by atoms with Crippen LogP contribution in [-0.2, 0) is 0 Å². The second kappa shape index (κ2) is 4.01. The zero-order chi connectivity index (χ0) is 9.97. The lowest BCUT2D eigenvalue weighted by Gasteiger charge is -2.18. The molecule has 0 aromatic heterocycles. The molecule has 1 aromatic carbocycles. The molecule has 1 fully saturated rings. The Kier molecular flexibility index (Phi) is 2.73. The zero-order valence-electron chi connectivity index (χ0n) is 8.66. The van der Waals surface area contributed by atoms with Gasteiger partial charge in [0.2, 0.25) is 0 Å². The van der Waals surface area contributed by atoms with Gasteiger partial charge in [-0.15, -0.1) is 0 Å². The van der Waals surface area contributed by atoms with Crippen molar-refractivity contribution in [2.24, 2.45) is 11.7 Å². The van der Waals surface area contributed by atoms with Crippen LogP contribution >= 0.6 is 0 Å². The topological polar surface area (TPSA) is 38.0 Å². The van der Waals surface area contributed by atoms with E-state index in [2.05, 4.69) is 36.5 Å². The Morgan fingerprint density at radius 2 is 2.14 bits per heavy atom. The SMILES string of the molecule is Cc1ccccc1NC(CN)C1CC1. The van der Waals surface area contributed by atoms with Crippen LogP contribution < -0.4 is 11.1 Å². The number of nitrogens with one attached hydrogen (secondary N) is 1. The monoisotopic (exact) mass is 190 g/mol. The van der Waals surface area contributed by atoms with Gasteiger partial charge in [-0.05, 0) is 37.3 Å². The van der Waals surface area contributed by atoms with Crippen LogP contribution in [0.1, 0.15) is 18.4 Å². The number of benzene rings is 1. The van der Waals surface area contributed by atoms with Crippen LogP contribution in [0.2, 0.25) is 0 Å². The van der Waals surface area contributed by atoms with Crippen molar-refractivity contribution in [2.75, 3.05) is 11.9 Å². The summed E-state index contributed by atoms with van der Waals surface area (Å²) in [6.07, 6.45) is 2.67. The van der Waals surface area contributed by atoms with E-state index in [0.29, 0.717) is 6.04 Å². The van der Waals surface area contributed by atoms with Gasteiger partial charge in [0.1, 0.15) is 0 Å². The Labute approximate surface area is 85.5 Å². The molecule has 14 heavy (non-hydrogen) atoms. The molecule has 0 bridgehead atoms. The van der Waals surface area contributed by atoms with E-state index in [-0.39, 0.29) is 0 Å². The highest BCUT2D eigenvalue weighted by atomic mass is 15.0. The molecule has 0 radical (unpaired) electrons. The molecule has 1 aromatic rings. The fraction of sp³-hybridized carbons (Fsp3) is 0.500. The summed E-state index contributed by atoms with van der Waals surface area (Å²) in [7, 11) is 0. The first-order valence-electron chi connectivity index (χ1n) is 5.33. The summed E-state index contributed by atoms with van der Waals surface area (Å²) in [4.78, 5) is 0. The summed E-state index contributed by atoms with van der Waals surface area (Å²) in [5.74, 6) is 0.805. The average molecular weight is 190 g/mol. The standard InChI is InChI=1S/C12H18N2/c1-9-4-2-3-5-11(9)14-12(8-13)10-6-7-10/h2-5,10,12,14H,6-8,13H2,1H3. The van der Waals surface area contributed by atoms with Crippen molar-refractivity contribution in [1.29, 1.82) is 0 Å². The van der Waals surface area contributed by atoms with Crippen LogP contribution in [0.3, 0.4) is 0 Å². The van der Waals surface area contributed by atoms with Gasteiger partial charge in [-0.2, -0.15) is 0 Å². The van der Waals surface area contributed by atoms with E-state index < -0.39 is 0 Å². The summed E-state index contributed by atoms with van der Waals surface area (Å²) in [6, 6.07) is 8.85. The molecular weight excluding hydrogens is 172 g/mol. The number of hydrogen-bond donors (Lipinski definition) is 2. The molecule has 1 aliphatic rings. The maximum atomic E-state index is 5.75. The van der Waals surface area contributed by atoms with Crippen molar-refractivity contribution in [3.63, 3.8) is 0 Å². The van der Waals surface area contributed by atoms with E-state index in [0.717, 1.165) is 12.5 Å². The Balaban J connectivity index is 2.04. The molecule has 3 N–H and O–H groups in total. The molecule has 2 heteroatoms. The van der Waals surface area contributed by atoms with Gasteiger partial charge in [0.15, 0.2) is 0 Å². The first-order valence-corrected chi connectivity index (χ1v) is 5.33. The van der Waals surface area contributed by atoms with E-state index in [1.54, 1.807) is 0 Å². The number of anilines is 1. The van der Waals surface area contributed by atoms with Crippen LogP contribution in [0.4, 0.5) is 5.69 Å². The lowest BCUT2D eigenvalue weighted by molar-refractivity contribution is 0.645. The van der Waals surface area contributed by atoms with E-state index in [1.807, 2.05) is 0 Å². The van der Waals surface area contributed by atoms with Crippen LogP contribution in [0.15, 0.2) is 24.3 Å². The second-order valence-electron chi connectivity index (χ2n) is 4.14. The summed E-state index contributed by atoms with van der Waals surface area (Å²) in [5, 5.41) is 3.53. The van der Waals surface area contributed by atoms with E-state index in [9.17, 15) is 0 Å². The van der Waals surface area contributed by atoms with Crippen molar-refractivity contribution in [1.82, 2.24) is 0 Å². The Morgan fingerprint density at radius 1 is 1.43 bits per heavy atom. The molecule has 0 spiro atoms. The molecule has 0 saturated heterocycles. The summed E-state index contributed by atoms with van der Waals surface area (Å²) in [6.45, 7) is 2.86. The van der Waals surface area contributed by atoms with E-state index >= 15 is 0 Å². The fourth-order valence-electron chi connectivity index (χ4n) is 1.80. The molecule has 1 saturated carbocycles. The Bertz CT molecular complexity index is 305. The molecule has 0 heterocycles. The van der Waals surface area contributed by atoms with Gasteiger partial charge in [-0.25, -0.2) is 0 Å². The number of rotatable bonds is 4. The van der Waals surface area contributed by atoms with Gasteiger partial charge in [0, 0.05) is 18.3 Å². The lowest BCUT2D eigenvalue weighted by Crippen LogP contribution is -2.31. The smallest absolute Gasteiger partial charge is 0.0411 e. The molecule has 2 rings (SSSR count). The number of hydrogen-bond acceptors (Lipinski definition) is 2. The molecular formula is C12H18N2. The highest BCUT2D eigenvalue weighted by Crippen LogP contribution is 2.34. The lowest BCUT2D eigenvalue weighted by atomic mass is 10.1. The average Bonchev–Trinajstić information content (AvgIpc) is 3.00. The van der Waals surface area contributed by atoms with E-state index in [1.165, 1.54) is 24.1 Å². The van der Waals surface area contributed by atoms with Gasteiger partial charge >= 0.3 is 0 Å². The third-order valence-electron chi connectivity index (χ3n) is 2.93. The molecule has 2 nitrogen and oxygen atoms in total. The minimum Gasteiger partial charge on any atom is -0.381 e. The fourth-order valence-corrected chi connectivity index (χ4v) is 1.80. The zero-order valence-corrected chi connectivity index (χ0v) is 8.66. The molecule has 1 atom stereocenters. The maximum Gasteiger partial charge on any atom is 0.0411 e. The van der Waals surface area contributed by atoms with Gasteiger partial charge < -0.3 is 11.1 Å². The number of aryl methyl sites for hydroxylation is 1. The summed E-state index contributed by atoms with van der Waals surface area (Å²) >= 11 is 0. The largest absolute Gasteiger partial charge is 0.381 e. The normalized spacial score (nSPS) is 17.9. The quantitative estimate of drug-likeness (QED) is 0.763. The van der Waals surface area contributed by atoms with Crippen molar-refractivity contribution in [3.8, 4) is 0 Å². The van der Waals surface area contributed by atoms with Crippen LogP contribution in [-0.4, -0.2) is 12.6 Å². The van der Waals surface area contributed by atoms with Crippen molar-refractivity contribution in [3.05, 3.63) is 29.8 Å². The highest BCUT2D eigenvalue weighted by molar-refractivity contribution is 5.51. The van der Waals surface area contributed by atoms with Crippen molar-refractivity contribution < 1.29 is 0 Å². The molecule has 0 amide bonds. The van der Waals surface area contributed by atoms with Crippen LogP contribution in [0.5, 0.6) is 0 Å². The third kappa shape index (κ3) is 2.07. The first kappa shape index (κ1) is 9.53. The van der Waals surface area contributed by atoms with Gasteiger partial charge in [0.05, 0.1) is 0 Å². The van der Waals surface area contributed by atoms with Crippen LogP contribution in [0.25, 0.3) is 0 Å². The highest BCUT2D eigenvalue weighted by Gasteiger charge is 2.30. The third-order valence-corrected chi connectivity index (χ3v) is 2.93. The minimum absolute atomic E-state index is 0.469. The predicted octanol–water partition coefficient (Wildman–Crippen LogP) is 2.14. The Morgan fingerprint density at radius 3 is 2.71 bits per heavy atom. The van der Waals surface area contributed by atoms with Gasteiger partial charge in [-0.1, -0.05) is 18.2 Å². The Hall–Kier alpha value is -1.02. The summed E-state index contributed by atoms with van der Waals surface area (Å²) in [5.41, 5.74) is 8.28. The first-order chi connectivity index (χ1) is 6.81. The maximum absolute atomic E-state index is 5.75. The van der Waals surface area contributed by atoms with E-state index in [4.69, 9.17) is 5.73 Å². The number of nitrogens with two attached hydrogens (primary N) is 1. The predicted molar refractivity (Wildman–Crippen MR) is 60.4 cm³/mol. The number of para-hydroxylation sites is 1. The van der Waals surface area contributed by atoms with Gasteiger partial charge in [0.25, 0.3) is 0 Å². The molecule has 1 unspecified atom stereocenters. The molecule has 1 aliphatic carbocycles.